The van der Waals surface area contributed by atoms with Gasteiger partial charge < -0.3 is 24.6 Å². The number of pyridine rings is 1. The minimum Gasteiger partial charge on any atom is -0.495 e. The van der Waals surface area contributed by atoms with Crippen LogP contribution < -0.4 is 14.8 Å². The molecule has 1 saturated heterocycles. The lowest BCUT2D eigenvalue weighted by Gasteiger charge is -2.13. The van der Waals surface area contributed by atoms with Crippen LogP contribution in [-0.4, -0.2) is 48.4 Å². The van der Waals surface area contributed by atoms with Crippen LogP contribution in [0.5, 0.6) is 11.6 Å². The fourth-order valence-corrected chi connectivity index (χ4v) is 2.51. The summed E-state index contributed by atoms with van der Waals surface area (Å²) in [6, 6.07) is 7.33. The van der Waals surface area contributed by atoms with Gasteiger partial charge in [-0.15, -0.1) is 0 Å². The van der Waals surface area contributed by atoms with Crippen molar-refractivity contribution in [2.45, 2.75) is 12.5 Å². The van der Waals surface area contributed by atoms with Gasteiger partial charge in [0.2, 0.25) is 5.88 Å². The molecule has 3 rings (SSSR count). The second kappa shape index (κ2) is 7.83. The lowest BCUT2D eigenvalue weighted by Crippen LogP contribution is -2.17. The number of aromatic carboxylic acids is 1. The van der Waals surface area contributed by atoms with Crippen LogP contribution >= 0.6 is 0 Å². The average Bonchev–Trinajstić information content (AvgIpc) is 3.15. The van der Waals surface area contributed by atoms with Crippen molar-refractivity contribution < 1.29 is 28.9 Å². The predicted octanol–water partition coefficient (Wildman–Crippen LogP) is 2.21. The Balaban J connectivity index is 1.74. The molecule has 2 heterocycles. The first kappa shape index (κ1) is 17.7. The Kier molecular flexibility index (Phi) is 5.33. The molecular formula is C18H18N2O6. The van der Waals surface area contributed by atoms with Crippen LogP contribution in [0.25, 0.3) is 0 Å². The molecule has 1 aliphatic heterocycles. The predicted molar refractivity (Wildman–Crippen MR) is 92.0 cm³/mol. The number of ether oxygens (including phenoxy) is 3. The van der Waals surface area contributed by atoms with E-state index in [0.29, 0.717) is 30.3 Å². The van der Waals surface area contributed by atoms with Crippen LogP contribution in [0.15, 0.2) is 36.5 Å². The number of carbonyl (C=O) groups is 2. The van der Waals surface area contributed by atoms with E-state index >= 15 is 0 Å². The van der Waals surface area contributed by atoms with Crippen LogP contribution in [0.3, 0.4) is 0 Å². The number of methoxy groups -OCH3 is 1. The van der Waals surface area contributed by atoms with Gasteiger partial charge in [0.25, 0.3) is 5.91 Å². The van der Waals surface area contributed by atoms with Gasteiger partial charge in [0.1, 0.15) is 11.9 Å². The second-order valence-corrected chi connectivity index (χ2v) is 5.66. The molecule has 1 amide bonds. The Bertz CT molecular complexity index is 817. The topological polar surface area (TPSA) is 107 Å². The third kappa shape index (κ3) is 4.09. The fourth-order valence-electron chi connectivity index (χ4n) is 2.51. The number of carboxylic acids is 1. The molecule has 1 fully saturated rings. The number of hydrogen-bond acceptors (Lipinski definition) is 6. The molecule has 1 atom stereocenters. The molecule has 26 heavy (non-hydrogen) atoms. The van der Waals surface area contributed by atoms with Crippen LogP contribution in [0.4, 0.5) is 5.69 Å². The highest BCUT2D eigenvalue weighted by Crippen LogP contribution is 2.26. The van der Waals surface area contributed by atoms with Gasteiger partial charge in [-0.2, -0.15) is 0 Å². The van der Waals surface area contributed by atoms with Gasteiger partial charge in [-0.25, -0.2) is 9.78 Å². The summed E-state index contributed by atoms with van der Waals surface area (Å²) in [6.45, 7) is 1.15. The Labute approximate surface area is 149 Å². The van der Waals surface area contributed by atoms with Crippen molar-refractivity contribution in [2.75, 3.05) is 25.6 Å². The van der Waals surface area contributed by atoms with E-state index in [1.54, 1.807) is 12.1 Å². The molecular weight excluding hydrogens is 340 g/mol. The van der Waals surface area contributed by atoms with Crippen LogP contribution in [0.2, 0.25) is 0 Å². The molecule has 1 aromatic carbocycles. The van der Waals surface area contributed by atoms with Crippen molar-refractivity contribution in [3.8, 4) is 11.6 Å². The summed E-state index contributed by atoms with van der Waals surface area (Å²) in [4.78, 5) is 27.6. The van der Waals surface area contributed by atoms with E-state index in [4.69, 9.17) is 19.3 Å². The normalized spacial score (nSPS) is 16.1. The number of amides is 1. The van der Waals surface area contributed by atoms with Crippen molar-refractivity contribution in [3.63, 3.8) is 0 Å². The molecule has 2 N–H and O–H groups in total. The third-order valence-electron chi connectivity index (χ3n) is 3.87. The minimum absolute atomic E-state index is 0.0653. The van der Waals surface area contributed by atoms with Gasteiger partial charge in [0.15, 0.2) is 0 Å². The summed E-state index contributed by atoms with van der Waals surface area (Å²) in [5.74, 6) is -0.859. The molecule has 1 aliphatic rings. The molecule has 136 valence electrons. The van der Waals surface area contributed by atoms with Crippen molar-refractivity contribution >= 4 is 17.6 Å². The standard InChI is InChI=1S/C18H18N2O6/c1-24-15-8-12(18(22)23)2-3-14(15)20-17(21)11-4-6-19-16(9-11)26-13-5-7-25-10-13/h2-4,6,8-9,13H,5,7,10H2,1H3,(H,20,21)(H,22,23). The third-order valence-corrected chi connectivity index (χ3v) is 3.87. The zero-order chi connectivity index (χ0) is 18.5. The average molecular weight is 358 g/mol. The summed E-state index contributed by atoms with van der Waals surface area (Å²) in [6.07, 6.45) is 2.21. The van der Waals surface area contributed by atoms with E-state index in [-0.39, 0.29) is 23.3 Å². The summed E-state index contributed by atoms with van der Waals surface area (Å²) >= 11 is 0. The van der Waals surface area contributed by atoms with Crippen molar-refractivity contribution in [2.24, 2.45) is 0 Å². The first-order valence-corrected chi connectivity index (χ1v) is 8.00. The number of benzene rings is 1. The maximum absolute atomic E-state index is 12.5. The maximum Gasteiger partial charge on any atom is 0.335 e. The lowest BCUT2D eigenvalue weighted by atomic mass is 10.1. The molecule has 8 heteroatoms. The molecule has 0 radical (unpaired) electrons. The number of nitrogens with zero attached hydrogens (tertiary/aromatic N) is 1. The Hall–Kier alpha value is -3.13. The van der Waals surface area contributed by atoms with Crippen molar-refractivity contribution in [1.29, 1.82) is 0 Å². The van der Waals surface area contributed by atoms with Crippen LogP contribution in [-0.2, 0) is 4.74 Å². The van der Waals surface area contributed by atoms with Gasteiger partial charge in [-0.05, 0) is 24.3 Å². The molecule has 0 bridgehead atoms. The lowest BCUT2D eigenvalue weighted by molar-refractivity contribution is 0.0696. The molecule has 0 saturated carbocycles. The van der Waals surface area contributed by atoms with Gasteiger partial charge in [-0.1, -0.05) is 0 Å². The number of rotatable bonds is 6. The monoisotopic (exact) mass is 358 g/mol. The first-order chi connectivity index (χ1) is 12.6. The zero-order valence-corrected chi connectivity index (χ0v) is 14.1. The van der Waals surface area contributed by atoms with E-state index in [9.17, 15) is 9.59 Å². The molecule has 0 spiro atoms. The second-order valence-electron chi connectivity index (χ2n) is 5.66. The molecule has 8 nitrogen and oxygen atoms in total. The van der Waals surface area contributed by atoms with Crippen LogP contribution in [0, 0.1) is 0 Å². The SMILES string of the molecule is COc1cc(C(=O)O)ccc1NC(=O)c1ccnc(OC2CCOC2)c1. The van der Waals surface area contributed by atoms with Crippen molar-refractivity contribution in [3.05, 3.63) is 47.7 Å². The highest BCUT2D eigenvalue weighted by Gasteiger charge is 2.19. The molecule has 1 unspecified atom stereocenters. The van der Waals surface area contributed by atoms with E-state index in [1.807, 2.05) is 0 Å². The maximum atomic E-state index is 12.5. The highest BCUT2D eigenvalue weighted by molar-refractivity contribution is 6.05. The highest BCUT2D eigenvalue weighted by atomic mass is 16.5. The Morgan fingerprint density at radius 2 is 2.12 bits per heavy atom. The van der Waals surface area contributed by atoms with Crippen molar-refractivity contribution in [1.82, 2.24) is 4.98 Å². The number of aromatic nitrogens is 1. The number of hydrogen-bond donors (Lipinski definition) is 2. The number of nitrogens with one attached hydrogen (secondary N) is 1. The number of carbonyl (C=O) groups excluding carboxylic acids is 1. The fraction of sp³-hybridized carbons (Fsp3) is 0.278. The number of carboxylic acid groups (broad SMARTS) is 1. The summed E-state index contributed by atoms with van der Waals surface area (Å²) in [5, 5.41) is 11.7. The first-order valence-electron chi connectivity index (χ1n) is 8.00. The Morgan fingerprint density at radius 1 is 1.27 bits per heavy atom. The van der Waals surface area contributed by atoms with Gasteiger partial charge >= 0.3 is 5.97 Å². The van der Waals surface area contributed by atoms with Gasteiger partial charge in [0.05, 0.1) is 31.6 Å². The van der Waals surface area contributed by atoms with Gasteiger partial charge in [-0.3, -0.25) is 4.79 Å². The zero-order valence-electron chi connectivity index (χ0n) is 14.1. The van der Waals surface area contributed by atoms with Gasteiger partial charge in [0, 0.05) is 24.2 Å². The smallest absolute Gasteiger partial charge is 0.335 e. The molecule has 0 aliphatic carbocycles. The minimum atomic E-state index is -1.08. The largest absolute Gasteiger partial charge is 0.495 e. The van der Waals surface area contributed by atoms with Crippen LogP contribution in [0.1, 0.15) is 27.1 Å². The molecule has 2 aromatic rings. The summed E-state index contributed by atoms with van der Waals surface area (Å²) in [7, 11) is 1.40. The van der Waals surface area contributed by atoms with E-state index < -0.39 is 5.97 Å². The van der Waals surface area contributed by atoms with E-state index in [2.05, 4.69) is 10.3 Å². The quantitative estimate of drug-likeness (QED) is 0.815. The van der Waals surface area contributed by atoms with E-state index in [0.717, 1.165) is 6.42 Å². The van der Waals surface area contributed by atoms with E-state index in [1.165, 1.54) is 31.5 Å². The number of anilines is 1. The summed E-state index contributed by atoms with van der Waals surface area (Å²) in [5.41, 5.74) is 0.794. The Morgan fingerprint density at radius 3 is 2.81 bits per heavy atom. The summed E-state index contributed by atoms with van der Waals surface area (Å²) < 4.78 is 16.1. The molecule has 1 aromatic heterocycles.